The normalized spacial score (nSPS) is 11.2. The molecule has 0 heterocycles. The summed E-state index contributed by atoms with van der Waals surface area (Å²) in [5.74, 6) is 0. The predicted octanol–water partition coefficient (Wildman–Crippen LogP) is 2.98. The predicted molar refractivity (Wildman–Crippen MR) is 68.3 cm³/mol. The van der Waals surface area contributed by atoms with Crippen molar-refractivity contribution in [3.8, 4) is 0 Å². The zero-order valence-electron chi connectivity index (χ0n) is 11.1. The molecular formula is C13H29NO2. The average molecular weight is 231 g/mol. The third-order valence-corrected chi connectivity index (χ3v) is 2.70. The molecule has 0 aromatic carbocycles. The summed E-state index contributed by atoms with van der Waals surface area (Å²) in [4.78, 5) is 1.74. The van der Waals surface area contributed by atoms with Gasteiger partial charge in [0, 0.05) is 6.61 Å². The number of hydrogen-bond acceptors (Lipinski definition) is 3. The van der Waals surface area contributed by atoms with Crippen molar-refractivity contribution in [1.82, 2.24) is 4.90 Å². The SMILES string of the molecule is CCCCCCCCCCOCN(C)CO. The number of unbranched alkanes of at least 4 members (excludes halogenated alkanes) is 7. The molecule has 0 unspecified atom stereocenters. The second kappa shape index (κ2) is 12.9. The van der Waals surface area contributed by atoms with Gasteiger partial charge in [0.05, 0.1) is 6.73 Å². The lowest BCUT2D eigenvalue weighted by molar-refractivity contribution is -0.00142. The third-order valence-electron chi connectivity index (χ3n) is 2.70. The van der Waals surface area contributed by atoms with Crippen LogP contribution in [0.25, 0.3) is 0 Å². The van der Waals surface area contributed by atoms with E-state index in [1.54, 1.807) is 4.90 Å². The zero-order valence-corrected chi connectivity index (χ0v) is 11.1. The van der Waals surface area contributed by atoms with E-state index in [4.69, 9.17) is 9.84 Å². The first-order chi connectivity index (χ1) is 7.81. The monoisotopic (exact) mass is 231 g/mol. The van der Waals surface area contributed by atoms with Crippen molar-refractivity contribution in [1.29, 1.82) is 0 Å². The van der Waals surface area contributed by atoms with Gasteiger partial charge in [0.15, 0.2) is 0 Å². The van der Waals surface area contributed by atoms with Crippen LogP contribution in [0.5, 0.6) is 0 Å². The van der Waals surface area contributed by atoms with E-state index in [0.29, 0.717) is 6.73 Å². The molecule has 0 aliphatic rings. The molecule has 0 radical (unpaired) electrons. The molecule has 0 aromatic heterocycles. The summed E-state index contributed by atoms with van der Waals surface area (Å²) in [5.41, 5.74) is 0. The number of nitrogens with zero attached hydrogens (tertiary/aromatic N) is 1. The van der Waals surface area contributed by atoms with Crippen molar-refractivity contribution in [2.24, 2.45) is 0 Å². The molecule has 16 heavy (non-hydrogen) atoms. The Morgan fingerprint density at radius 3 is 2.06 bits per heavy atom. The Kier molecular flexibility index (Phi) is 12.9. The maximum atomic E-state index is 8.72. The van der Waals surface area contributed by atoms with Gasteiger partial charge in [-0.15, -0.1) is 0 Å². The summed E-state index contributed by atoms with van der Waals surface area (Å²) in [5, 5.41) is 8.72. The van der Waals surface area contributed by atoms with Crippen LogP contribution in [0.1, 0.15) is 58.3 Å². The van der Waals surface area contributed by atoms with Gasteiger partial charge in [-0.1, -0.05) is 51.9 Å². The minimum atomic E-state index is 0.0669. The minimum Gasteiger partial charge on any atom is -0.381 e. The van der Waals surface area contributed by atoms with Crippen LogP contribution in [-0.2, 0) is 4.74 Å². The van der Waals surface area contributed by atoms with Crippen molar-refractivity contribution >= 4 is 0 Å². The van der Waals surface area contributed by atoms with Crippen LogP contribution in [-0.4, -0.2) is 37.1 Å². The average Bonchev–Trinajstić information content (AvgIpc) is 2.31. The quantitative estimate of drug-likeness (QED) is 0.414. The molecule has 0 fully saturated rings. The van der Waals surface area contributed by atoms with Gasteiger partial charge in [0.2, 0.25) is 0 Å². The molecule has 0 aromatic rings. The zero-order chi connectivity index (χ0) is 12.1. The van der Waals surface area contributed by atoms with Gasteiger partial charge in [-0.05, 0) is 13.5 Å². The van der Waals surface area contributed by atoms with Crippen molar-refractivity contribution < 1.29 is 9.84 Å². The Hall–Kier alpha value is -0.120. The number of rotatable bonds is 12. The van der Waals surface area contributed by atoms with Gasteiger partial charge >= 0.3 is 0 Å². The van der Waals surface area contributed by atoms with E-state index in [-0.39, 0.29) is 6.73 Å². The first-order valence-corrected chi connectivity index (χ1v) is 6.68. The third kappa shape index (κ3) is 12.0. The molecule has 0 atom stereocenters. The number of aliphatic hydroxyl groups excluding tert-OH is 1. The van der Waals surface area contributed by atoms with Gasteiger partial charge < -0.3 is 9.84 Å². The van der Waals surface area contributed by atoms with E-state index in [1.165, 1.54) is 44.9 Å². The van der Waals surface area contributed by atoms with Crippen LogP contribution >= 0.6 is 0 Å². The summed E-state index contributed by atoms with van der Waals surface area (Å²) >= 11 is 0. The molecule has 0 amide bonds. The lowest BCUT2D eigenvalue weighted by atomic mass is 10.1. The van der Waals surface area contributed by atoms with Gasteiger partial charge in [0.1, 0.15) is 6.73 Å². The molecule has 0 saturated carbocycles. The Balaban J connectivity index is 2.93. The van der Waals surface area contributed by atoms with Crippen LogP contribution in [0.2, 0.25) is 0 Å². The van der Waals surface area contributed by atoms with E-state index in [0.717, 1.165) is 13.0 Å². The molecular weight excluding hydrogens is 202 g/mol. The second-order valence-corrected chi connectivity index (χ2v) is 4.51. The van der Waals surface area contributed by atoms with Crippen molar-refractivity contribution in [3.63, 3.8) is 0 Å². The second-order valence-electron chi connectivity index (χ2n) is 4.51. The lowest BCUT2D eigenvalue weighted by Crippen LogP contribution is -2.22. The Morgan fingerprint density at radius 2 is 1.50 bits per heavy atom. The van der Waals surface area contributed by atoms with Gasteiger partial charge in [-0.2, -0.15) is 0 Å². The van der Waals surface area contributed by atoms with Crippen molar-refractivity contribution in [2.45, 2.75) is 58.3 Å². The van der Waals surface area contributed by atoms with Crippen molar-refractivity contribution in [2.75, 3.05) is 27.1 Å². The van der Waals surface area contributed by atoms with E-state index in [9.17, 15) is 0 Å². The molecule has 0 spiro atoms. The fourth-order valence-corrected chi connectivity index (χ4v) is 1.60. The maximum absolute atomic E-state index is 8.72. The Morgan fingerprint density at radius 1 is 0.938 bits per heavy atom. The van der Waals surface area contributed by atoms with Crippen molar-refractivity contribution in [3.05, 3.63) is 0 Å². The summed E-state index contributed by atoms with van der Waals surface area (Å²) < 4.78 is 5.40. The summed E-state index contributed by atoms with van der Waals surface area (Å²) in [7, 11) is 1.84. The highest BCUT2D eigenvalue weighted by atomic mass is 16.5. The number of hydrogen-bond donors (Lipinski definition) is 1. The molecule has 1 N–H and O–H groups in total. The summed E-state index contributed by atoms with van der Waals surface area (Å²) in [6, 6.07) is 0. The highest BCUT2D eigenvalue weighted by Gasteiger charge is 1.95. The standard InChI is InChI=1S/C13H29NO2/c1-3-4-5-6-7-8-9-10-11-16-13-14(2)12-15/h15H,3-13H2,1-2H3. The highest BCUT2D eigenvalue weighted by molar-refractivity contribution is 4.45. The molecule has 98 valence electrons. The summed E-state index contributed by atoms with van der Waals surface area (Å²) in [6.07, 6.45) is 10.6. The van der Waals surface area contributed by atoms with E-state index < -0.39 is 0 Å². The van der Waals surface area contributed by atoms with Crippen LogP contribution in [0.4, 0.5) is 0 Å². The van der Waals surface area contributed by atoms with E-state index >= 15 is 0 Å². The number of ether oxygens (including phenoxy) is 1. The molecule has 0 rings (SSSR count). The molecule has 0 aliphatic heterocycles. The van der Waals surface area contributed by atoms with E-state index in [2.05, 4.69) is 6.92 Å². The lowest BCUT2D eigenvalue weighted by Gasteiger charge is -2.12. The highest BCUT2D eigenvalue weighted by Crippen LogP contribution is 2.08. The maximum Gasteiger partial charge on any atom is 0.100 e. The van der Waals surface area contributed by atoms with Crippen LogP contribution in [0, 0.1) is 0 Å². The minimum absolute atomic E-state index is 0.0669. The fourth-order valence-electron chi connectivity index (χ4n) is 1.60. The first-order valence-electron chi connectivity index (χ1n) is 6.68. The molecule has 0 aliphatic carbocycles. The van der Waals surface area contributed by atoms with Crippen LogP contribution in [0.15, 0.2) is 0 Å². The molecule has 0 saturated heterocycles. The van der Waals surface area contributed by atoms with Crippen LogP contribution in [0.3, 0.4) is 0 Å². The van der Waals surface area contributed by atoms with Gasteiger partial charge in [-0.3, -0.25) is 4.90 Å². The Bertz CT molecular complexity index is 131. The smallest absolute Gasteiger partial charge is 0.100 e. The topological polar surface area (TPSA) is 32.7 Å². The molecule has 3 nitrogen and oxygen atoms in total. The van der Waals surface area contributed by atoms with E-state index in [1.807, 2.05) is 7.05 Å². The molecule has 3 heteroatoms. The van der Waals surface area contributed by atoms with Gasteiger partial charge in [0.25, 0.3) is 0 Å². The van der Waals surface area contributed by atoms with Gasteiger partial charge in [-0.25, -0.2) is 0 Å². The first kappa shape index (κ1) is 15.9. The molecule has 0 bridgehead atoms. The number of aliphatic hydroxyl groups is 1. The Labute approximate surface area is 101 Å². The fraction of sp³-hybridized carbons (Fsp3) is 1.00. The summed E-state index contributed by atoms with van der Waals surface area (Å²) in [6.45, 7) is 3.67. The largest absolute Gasteiger partial charge is 0.381 e. The van der Waals surface area contributed by atoms with Crippen LogP contribution < -0.4 is 0 Å².